The maximum absolute atomic E-state index is 13.5. The largest absolute Gasteiger partial charge is 0.497 e. The number of benzene rings is 2. The van der Waals surface area contributed by atoms with E-state index in [1.165, 1.54) is 4.88 Å². The monoisotopic (exact) mass is 561 g/mol. The summed E-state index contributed by atoms with van der Waals surface area (Å²) in [5.41, 5.74) is 3.39. The fourth-order valence-electron chi connectivity index (χ4n) is 4.67. The molecule has 212 valence electrons. The number of hydrogen-bond acceptors (Lipinski definition) is 7. The summed E-state index contributed by atoms with van der Waals surface area (Å²) in [7, 11) is 1.66. The molecular formula is C32H39N3O4S. The van der Waals surface area contributed by atoms with Gasteiger partial charge in [-0.2, -0.15) is 0 Å². The molecule has 0 aliphatic rings. The lowest BCUT2D eigenvalue weighted by Crippen LogP contribution is -2.33. The number of ether oxygens (including phenoxy) is 3. The molecule has 0 unspecified atom stereocenters. The van der Waals surface area contributed by atoms with E-state index in [1.807, 2.05) is 86.2 Å². The molecule has 7 nitrogen and oxygen atoms in total. The van der Waals surface area contributed by atoms with Crippen LogP contribution in [0.5, 0.6) is 5.75 Å². The SMILES string of the molecule is CCn1cc(CC[C@@H](c2cc(COCc3ccc(OC)cc3)c(C)s2)C(C)(C)C(=O)OCc2ccccc2)nn1. The molecule has 4 rings (SSSR count). The molecular weight excluding hydrogens is 522 g/mol. The number of carbonyl (C=O) groups excluding carboxylic acids is 1. The van der Waals surface area contributed by atoms with Crippen molar-refractivity contribution >= 4 is 17.3 Å². The first-order chi connectivity index (χ1) is 19.3. The van der Waals surface area contributed by atoms with Crippen LogP contribution in [0.1, 0.15) is 65.2 Å². The molecule has 0 aliphatic carbocycles. The van der Waals surface area contributed by atoms with Gasteiger partial charge in [-0.15, -0.1) is 16.4 Å². The molecule has 0 saturated heterocycles. The third-order valence-electron chi connectivity index (χ3n) is 7.28. The van der Waals surface area contributed by atoms with Crippen molar-refractivity contribution in [2.24, 2.45) is 5.41 Å². The highest BCUT2D eigenvalue weighted by Crippen LogP contribution is 2.44. The van der Waals surface area contributed by atoms with Gasteiger partial charge in [0.05, 0.1) is 31.4 Å². The topological polar surface area (TPSA) is 75.5 Å². The second kappa shape index (κ2) is 13.7. The maximum atomic E-state index is 13.5. The normalized spacial score (nSPS) is 12.3. The number of nitrogens with zero attached hydrogens (tertiary/aromatic N) is 3. The predicted octanol–water partition coefficient (Wildman–Crippen LogP) is 6.88. The van der Waals surface area contributed by atoms with Crippen molar-refractivity contribution in [2.75, 3.05) is 7.11 Å². The van der Waals surface area contributed by atoms with E-state index in [2.05, 4.69) is 23.3 Å². The lowest BCUT2D eigenvalue weighted by Gasteiger charge is -2.31. The van der Waals surface area contributed by atoms with Gasteiger partial charge >= 0.3 is 5.97 Å². The Kier molecular flexibility index (Phi) is 10.1. The first kappa shape index (κ1) is 29.5. The van der Waals surface area contributed by atoms with Crippen LogP contribution in [0.25, 0.3) is 0 Å². The Morgan fingerprint density at radius 3 is 2.42 bits per heavy atom. The van der Waals surface area contributed by atoms with E-state index in [0.717, 1.165) is 52.4 Å². The fraction of sp³-hybridized carbons (Fsp3) is 0.406. The Bertz CT molecular complexity index is 1360. The fourth-order valence-corrected chi connectivity index (χ4v) is 6.03. The summed E-state index contributed by atoms with van der Waals surface area (Å²) in [6, 6.07) is 19.9. The van der Waals surface area contributed by atoms with Crippen LogP contribution >= 0.6 is 11.3 Å². The highest BCUT2D eigenvalue weighted by Gasteiger charge is 2.40. The maximum Gasteiger partial charge on any atom is 0.312 e. The molecule has 0 amide bonds. The Balaban J connectivity index is 1.49. The van der Waals surface area contributed by atoms with Gasteiger partial charge in [0, 0.05) is 28.4 Å². The van der Waals surface area contributed by atoms with Crippen molar-refractivity contribution in [1.29, 1.82) is 0 Å². The number of methoxy groups -OCH3 is 1. The van der Waals surface area contributed by atoms with Gasteiger partial charge in [-0.1, -0.05) is 47.7 Å². The molecule has 2 aromatic carbocycles. The van der Waals surface area contributed by atoms with Crippen molar-refractivity contribution in [1.82, 2.24) is 15.0 Å². The van der Waals surface area contributed by atoms with Crippen molar-refractivity contribution in [3.05, 3.63) is 99.0 Å². The number of thiophene rings is 1. The average molecular weight is 562 g/mol. The Labute approximate surface area is 241 Å². The van der Waals surface area contributed by atoms with E-state index in [-0.39, 0.29) is 18.5 Å². The first-order valence-electron chi connectivity index (χ1n) is 13.7. The summed E-state index contributed by atoms with van der Waals surface area (Å²) in [6.07, 6.45) is 3.46. The van der Waals surface area contributed by atoms with Crippen LogP contribution < -0.4 is 4.74 Å². The van der Waals surface area contributed by atoms with E-state index in [9.17, 15) is 4.79 Å². The highest BCUT2D eigenvalue weighted by atomic mass is 32.1. The van der Waals surface area contributed by atoms with E-state index in [0.29, 0.717) is 13.2 Å². The smallest absolute Gasteiger partial charge is 0.312 e. The van der Waals surface area contributed by atoms with Gasteiger partial charge < -0.3 is 14.2 Å². The summed E-state index contributed by atoms with van der Waals surface area (Å²) in [5, 5.41) is 8.52. The zero-order chi connectivity index (χ0) is 28.5. The molecule has 40 heavy (non-hydrogen) atoms. The van der Waals surface area contributed by atoms with Crippen molar-refractivity contribution in [2.45, 2.75) is 72.8 Å². The molecule has 0 bridgehead atoms. The minimum atomic E-state index is -0.742. The van der Waals surface area contributed by atoms with Crippen LogP contribution in [-0.4, -0.2) is 28.1 Å². The number of rotatable bonds is 14. The first-order valence-corrected chi connectivity index (χ1v) is 14.5. The Morgan fingerprint density at radius 2 is 1.75 bits per heavy atom. The highest BCUT2D eigenvalue weighted by molar-refractivity contribution is 7.12. The van der Waals surface area contributed by atoms with Gasteiger partial charge in [0.15, 0.2) is 0 Å². The predicted molar refractivity (Wildman–Crippen MR) is 157 cm³/mol. The van der Waals surface area contributed by atoms with Crippen LogP contribution in [0.3, 0.4) is 0 Å². The number of aryl methyl sites for hydroxylation is 3. The van der Waals surface area contributed by atoms with Crippen LogP contribution in [0.2, 0.25) is 0 Å². The minimum absolute atomic E-state index is 0.0541. The van der Waals surface area contributed by atoms with Crippen molar-refractivity contribution in [3.63, 3.8) is 0 Å². The third kappa shape index (κ3) is 7.58. The van der Waals surface area contributed by atoms with E-state index >= 15 is 0 Å². The number of aromatic nitrogens is 3. The molecule has 0 N–H and O–H groups in total. The van der Waals surface area contributed by atoms with Crippen molar-refractivity contribution < 1.29 is 19.0 Å². The van der Waals surface area contributed by atoms with Gasteiger partial charge in [0.25, 0.3) is 0 Å². The second-order valence-corrected chi connectivity index (χ2v) is 11.8. The quantitative estimate of drug-likeness (QED) is 0.156. The molecule has 8 heteroatoms. The molecule has 0 spiro atoms. The number of carbonyl (C=O) groups is 1. The van der Waals surface area contributed by atoms with Gasteiger partial charge in [-0.05, 0) is 75.4 Å². The van der Waals surface area contributed by atoms with Crippen molar-refractivity contribution in [3.8, 4) is 5.75 Å². The Hall–Kier alpha value is -3.49. The lowest BCUT2D eigenvalue weighted by molar-refractivity contribution is -0.156. The van der Waals surface area contributed by atoms with Gasteiger partial charge in [-0.3, -0.25) is 9.48 Å². The van der Waals surface area contributed by atoms with Crippen LogP contribution in [-0.2, 0) is 47.1 Å². The second-order valence-electron chi connectivity index (χ2n) is 10.5. The molecule has 4 aromatic rings. The molecule has 0 saturated carbocycles. The molecule has 0 radical (unpaired) electrons. The number of esters is 1. The van der Waals surface area contributed by atoms with Gasteiger partial charge in [0.1, 0.15) is 12.4 Å². The van der Waals surface area contributed by atoms with E-state index in [4.69, 9.17) is 14.2 Å². The van der Waals surface area contributed by atoms with Gasteiger partial charge in [0.2, 0.25) is 0 Å². The molecule has 0 fully saturated rings. The molecule has 1 atom stereocenters. The molecule has 0 aliphatic heterocycles. The van der Waals surface area contributed by atoms with Gasteiger partial charge in [-0.25, -0.2) is 0 Å². The van der Waals surface area contributed by atoms with E-state index < -0.39 is 5.41 Å². The number of hydrogen-bond donors (Lipinski definition) is 0. The van der Waals surface area contributed by atoms with Crippen LogP contribution in [0.4, 0.5) is 0 Å². The summed E-state index contributed by atoms with van der Waals surface area (Å²) in [6.45, 7) is 10.2. The van der Waals surface area contributed by atoms with E-state index in [1.54, 1.807) is 18.4 Å². The standard InChI is InChI=1S/C32H39N3O4S/c1-6-35-19-27(33-34-35)14-17-29(32(3,4)31(36)39-21-24-10-8-7-9-11-24)30-18-26(23(2)40-30)22-38-20-25-12-15-28(37-5)16-13-25/h7-13,15-16,18-19,29H,6,14,17,20-22H2,1-5H3/t29-/m0/s1. The average Bonchev–Trinajstić information content (AvgIpc) is 3.58. The van der Waals surface area contributed by atoms with Crippen LogP contribution in [0.15, 0.2) is 66.9 Å². The zero-order valence-electron chi connectivity index (χ0n) is 24.1. The summed E-state index contributed by atoms with van der Waals surface area (Å²) in [4.78, 5) is 15.8. The Morgan fingerprint density at radius 1 is 1.02 bits per heavy atom. The third-order valence-corrected chi connectivity index (χ3v) is 8.48. The molecule has 2 heterocycles. The summed E-state index contributed by atoms with van der Waals surface area (Å²) < 4.78 is 19.0. The zero-order valence-corrected chi connectivity index (χ0v) is 24.9. The summed E-state index contributed by atoms with van der Waals surface area (Å²) in [5.74, 6) is 0.568. The van der Waals surface area contributed by atoms with Crippen LogP contribution in [0, 0.1) is 12.3 Å². The summed E-state index contributed by atoms with van der Waals surface area (Å²) >= 11 is 1.73. The lowest BCUT2D eigenvalue weighted by atomic mass is 9.75. The molecule has 2 aromatic heterocycles. The minimum Gasteiger partial charge on any atom is -0.497 e.